The number of benzene rings is 1. The van der Waals surface area contributed by atoms with Gasteiger partial charge in [0, 0.05) is 31.1 Å². The summed E-state index contributed by atoms with van der Waals surface area (Å²) in [5.41, 5.74) is 12.8. The highest BCUT2D eigenvalue weighted by Gasteiger charge is 1.94. The zero-order chi connectivity index (χ0) is 15.9. The van der Waals surface area contributed by atoms with Crippen LogP contribution in [0.5, 0.6) is 0 Å². The molecule has 0 spiro atoms. The molecule has 1 aromatic carbocycles. The molecule has 0 aliphatic rings. The summed E-state index contributed by atoms with van der Waals surface area (Å²) in [6.45, 7) is 5.41. The van der Waals surface area contributed by atoms with Crippen LogP contribution >= 0.6 is 12.4 Å². The fraction of sp³-hybridized carbons (Fsp3) is 0.625. The molecule has 0 aliphatic heterocycles. The first-order valence-electron chi connectivity index (χ1n) is 7.85. The van der Waals surface area contributed by atoms with Crippen LogP contribution in [0.1, 0.15) is 12.8 Å². The summed E-state index contributed by atoms with van der Waals surface area (Å²) in [5.74, 6) is 0. The van der Waals surface area contributed by atoms with E-state index in [4.69, 9.17) is 25.7 Å². The quantitative estimate of drug-likeness (QED) is 0.351. The molecule has 0 saturated heterocycles. The van der Waals surface area contributed by atoms with Gasteiger partial charge in [-0.2, -0.15) is 0 Å². The van der Waals surface area contributed by atoms with Crippen molar-refractivity contribution in [2.24, 2.45) is 5.73 Å². The Balaban J connectivity index is 0.00000484. The fourth-order valence-corrected chi connectivity index (χ4v) is 1.74. The SMILES string of the molecule is Cl.NCCCOCCOCCOCCCNc1ccc(N)cc1. The molecule has 23 heavy (non-hydrogen) atoms. The normalized spacial score (nSPS) is 10.3. The standard InChI is InChI=1S/C16H29N3O3.ClH/c17-7-1-9-20-11-13-22-14-12-21-10-2-8-19-16-5-3-15(18)4-6-16;/h3-6,19H,1-2,7-14,17-18H2;1H. The van der Waals surface area contributed by atoms with Gasteiger partial charge in [-0.3, -0.25) is 0 Å². The van der Waals surface area contributed by atoms with Gasteiger partial charge in [-0.25, -0.2) is 0 Å². The minimum Gasteiger partial charge on any atom is -0.399 e. The Hall–Kier alpha value is -1.05. The smallest absolute Gasteiger partial charge is 0.0701 e. The largest absolute Gasteiger partial charge is 0.399 e. The van der Waals surface area contributed by atoms with Crippen LogP contribution in [0.25, 0.3) is 0 Å². The lowest BCUT2D eigenvalue weighted by Crippen LogP contribution is -2.12. The molecule has 0 heterocycles. The summed E-state index contributed by atoms with van der Waals surface area (Å²) in [6, 6.07) is 7.71. The van der Waals surface area contributed by atoms with Crippen molar-refractivity contribution in [1.29, 1.82) is 0 Å². The van der Waals surface area contributed by atoms with E-state index in [-0.39, 0.29) is 12.4 Å². The van der Waals surface area contributed by atoms with Crippen molar-refractivity contribution >= 4 is 23.8 Å². The number of hydrogen-bond acceptors (Lipinski definition) is 6. The average Bonchev–Trinajstić information content (AvgIpc) is 2.53. The molecule has 134 valence electrons. The van der Waals surface area contributed by atoms with E-state index >= 15 is 0 Å². The molecular weight excluding hydrogens is 318 g/mol. The molecule has 7 heteroatoms. The van der Waals surface area contributed by atoms with E-state index in [1.165, 1.54) is 0 Å². The third-order valence-electron chi connectivity index (χ3n) is 2.94. The fourth-order valence-electron chi connectivity index (χ4n) is 1.74. The van der Waals surface area contributed by atoms with Crippen LogP contribution in [0, 0.1) is 0 Å². The first-order valence-corrected chi connectivity index (χ1v) is 7.85. The van der Waals surface area contributed by atoms with Crippen LogP contribution in [0.2, 0.25) is 0 Å². The Bertz CT molecular complexity index is 366. The minimum absolute atomic E-state index is 0. The van der Waals surface area contributed by atoms with Gasteiger partial charge in [0.25, 0.3) is 0 Å². The third kappa shape index (κ3) is 13.1. The summed E-state index contributed by atoms with van der Waals surface area (Å²) in [6.07, 6.45) is 1.85. The number of anilines is 2. The van der Waals surface area contributed by atoms with Crippen molar-refractivity contribution in [3.63, 3.8) is 0 Å². The Labute approximate surface area is 145 Å². The highest BCUT2D eigenvalue weighted by Crippen LogP contribution is 2.09. The van der Waals surface area contributed by atoms with E-state index in [1.54, 1.807) is 0 Å². The maximum Gasteiger partial charge on any atom is 0.0701 e. The monoisotopic (exact) mass is 347 g/mol. The number of nitrogens with one attached hydrogen (secondary N) is 1. The summed E-state index contributed by atoms with van der Waals surface area (Å²) in [4.78, 5) is 0. The first-order chi connectivity index (χ1) is 10.8. The number of nitrogen functional groups attached to an aromatic ring is 1. The van der Waals surface area contributed by atoms with E-state index < -0.39 is 0 Å². The second kappa shape index (κ2) is 15.8. The van der Waals surface area contributed by atoms with Crippen molar-refractivity contribution in [3.05, 3.63) is 24.3 Å². The lowest BCUT2D eigenvalue weighted by Gasteiger charge is -2.08. The van der Waals surface area contributed by atoms with Crippen molar-refractivity contribution in [2.75, 3.05) is 63.8 Å². The lowest BCUT2D eigenvalue weighted by atomic mass is 10.3. The highest BCUT2D eigenvalue weighted by molar-refractivity contribution is 5.85. The van der Waals surface area contributed by atoms with Gasteiger partial charge in [0.2, 0.25) is 0 Å². The summed E-state index contributed by atoms with van der Waals surface area (Å²) < 4.78 is 16.2. The molecule has 0 fully saturated rings. The summed E-state index contributed by atoms with van der Waals surface area (Å²) in [7, 11) is 0. The van der Waals surface area contributed by atoms with Gasteiger partial charge in [-0.05, 0) is 43.7 Å². The second-order valence-electron chi connectivity index (χ2n) is 4.88. The van der Waals surface area contributed by atoms with Crippen LogP contribution in [0.3, 0.4) is 0 Å². The molecule has 5 N–H and O–H groups in total. The predicted octanol–water partition coefficient (Wildman–Crippen LogP) is 1.89. The molecule has 0 saturated carbocycles. The molecule has 0 unspecified atom stereocenters. The molecule has 0 atom stereocenters. The van der Waals surface area contributed by atoms with Crippen LogP contribution in [0.4, 0.5) is 11.4 Å². The van der Waals surface area contributed by atoms with Gasteiger partial charge in [0.1, 0.15) is 0 Å². The van der Waals surface area contributed by atoms with E-state index in [1.807, 2.05) is 24.3 Å². The molecular formula is C16H30ClN3O3. The van der Waals surface area contributed by atoms with E-state index in [0.717, 1.165) is 37.4 Å². The second-order valence-corrected chi connectivity index (χ2v) is 4.88. The lowest BCUT2D eigenvalue weighted by molar-refractivity contribution is 0.0144. The van der Waals surface area contributed by atoms with Crippen molar-refractivity contribution in [1.82, 2.24) is 0 Å². The van der Waals surface area contributed by atoms with Crippen molar-refractivity contribution < 1.29 is 14.2 Å². The maximum absolute atomic E-state index is 5.63. The Morgan fingerprint density at radius 1 is 0.783 bits per heavy atom. The van der Waals surface area contributed by atoms with E-state index in [9.17, 15) is 0 Å². The molecule has 0 radical (unpaired) electrons. The Kier molecular flexibility index (Phi) is 15.1. The molecule has 6 nitrogen and oxygen atoms in total. The van der Waals surface area contributed by atoms with Crippen LogP contribution in [0.15, 0.2) is 24.3 Å². The van der Waals surface area contributed by atoms with Crippen LogP contribution in [-0.4, -0.2) is 52.7 Å². The zero-order valence-electron chi connectivity index (χ0n) is 13.7. The van der Waals surface area contributed by atoms with Gasteiger partial charge in [-0.1, -0.05) is 0 Å². The topological polar surface area (TPSA) is 91.8 Å². The van der Waals surface area contributed by atoms with Gasteiger partial charge in [-0.15, -0.1) is 12.4 Å². The first kappa shape index (κ1) is 21.9. The zero-order valence-corrected chi connectivity index (χ0v) is 14.5. The minimum atomic E-state index is 0. The molecule has 0 aromatic heterocycles. The van der Waals surface area contributed by atoms with Crippen LogP contribution in [-0.2, 0) is 14.2 Å². The number of hydrogen-bond donors (Lipinski definition) is 3. The van der Waals surface area contributed by atoms with Gasteiger partial charge >= 0.3 is 0 Å². The van der Waals surface area contributed by atoms with Gasteiger partial charge < -0.3 is 31.0 Å². The molecule has 1 aromatic rings. The Morgan fingerprint density at radius 3 is 1.87 bits per heavy atom. The summed E-state index contributed by atoms with van der Waals surface area (Å²) in [5, 5.41) is 3.32. The van der Waals surface area contributed by atoms with Gasteiger partial charge in [0.05, 0.1) is 26.4 Å². The number of nitrogens with two attached hydrogens (primary N) is 2. The highest BCUT2D eigenvalue weighted by atomic mass is 35.5. The molecule has 0 aliphatic carbocycles. The number of rotatable bonds is 14. The maximum atomic E-state index is 5.63. The average molecular weight is 348 g/mol. The third-order valence-corrected chi connectivity index (χ3v) is 2.94. The van der Waals surface area contributed by atoms with Crippen LogP contribution < -0.4 is 16.8 Å². The molecule has 0 amide bonds. The van der Waals surface area contributed by atoms with Gasteiger partial charge in [0.15, 0.2) is 0 Å². The van der Waals surface area contributed by atoms with Crippen molar-refractivity contribution in [3.8, 4) is 0 Å². The molecule has 1 rings (SSSR count). The predicted molar refractivity (Wildman–Crippen MR) is 97.3 cm³/mol. The van der Waals surface area contributed by atoms with E-state index in [0.29, 0.717) is 39.6 Å². The van der Waals surface area contributed by atoms with E-state index in [2.05, 4.69) is 5.32 Å². The summed E-state index contributed by atoms with van der Waals surface area (Å²) >= 11 is 0. The number of halogens is 1. The van der Waals surface area contributed by atoms with Crippen molar-refractivity contribution in [2.45, 2.75) is 12.8 Å². The molecule has 0 bridgehead atoms. The number of ether oxygens (including phenoxy) is 3. The Morgan fingerprint density at radius 2 is 1.30 bits per heavy atom.